The topological polar surface area (TPSA) is 80.9 Å². The summed E-state index contributed by atoms with van der Waals surface area (Å²) in [5.74, 6) is -0.303. The number of carbonyl (C=O) groups is 1. The molecule has 0 aromatic carbocycles. The lowest BCUT2D eigenvalue weighted by atomic mass is 10.0. The molecule has 0 bridgehead atoms. The number of tetrazole rings is 1. The zero-order valence-corrected chi connectivity index (χ0v) is 16.4. The summed E-state index contributed by atoms with van der Waals surface area (Å²) in [6.07, 6.45) is 20.1. The number of nitrogens with zero attached hydrogens (tertiary/aromatic N) is 4. The third-order valence-electron chi connectivity index (χ3n) is 4.67. The fourth-order valence-electron chi connectivity index (χ4n) is 3.15. The van der Waals surface area contributed by atoms with Gasteiger partial charge in [-0.05, 0) is 11.6 Å². The lowest BCUT2D eigenvalue weighted by Gasteiger charge is -2.03. The number of carboxylic acid groups (broad SMARTS) is 1. The molecule has 0 saturated carbocycles. The molecule has 1 heterocycles. The first-order valence-corrected chi connectivity index (χ1v) is 10.5. The maximum atomic E-state index is 10.6. The van der Waals surface area contributed by atoms with Gasteiger partial charge in [-0.15, -0.1) is 10.2 Å². The van der Waals surface area contributed by atoms with Crippen LogP contribution in [0.5, 0.6) is 0 Å². The van der Waals surface area contributed by atoms with Gasteiger partial charge in [0.15, 0.2) is 12.4 Å². The molecule has 0 fully saturated rings. The van der Waals surface area contributed by atoms with E-state index in [1.54, 1.807) is 0 Å². The Hall–Kier alpha value is -1.46. The van der Waals surface area contributed by atoms with Crippen LogP contribution in [0.15, 0.2) is 0 Å². The average Bonchev–Trinajstić information content (AvgIpc) is 3.08. The highest BCUT2D eigenvalue weighted by Gasteiger charge is 2.05. The molecule has 0 spiro atoms. The Kier molecular flexibility index (Phi) is 12.6. The van der Waals surface area contributed by atoms with Crippen LogP contribution >= 0.6 is 0 Å². The number of aliphatic carboxylic acids is 1. The lowest BCUT2D eigenvalue weighted by molar-refractivity contribution is -0.138. The Morgan fingerprint density at radius 1 is 0.885 bits per heavy atom. The quantitative estimate of drug-likeness (QED) is 0.362. The first-order valence-electron chi connectivity index (χ1n) is 11.2. The molecule has 0 aliphatic rings. The number of carboxylic acids is 1. The van der Waals surface area contributed by atoms with Crippen LogP contribution in [0.25, 0.3) is 0 Å². The van der Waals surface area contributed by atoms with Crippen LogP contribution in [0.1, 0.15) is 110 Å². The molecule has 1 N–H and O–H groups in total. The third-order valence-corrected chi connectivity index (χ3v) is 4.67. The SMILES string of the molecule is [2H]CCCCCCCCCCCCCCCCCc1nnn(CC(=O)O)n1. The van der Waals surface area contributed by atoms with E-state index in [9.17, 15) is 4.79 Å². The van der Waals surface area contributed by atoms with E-state index >= 15 is 0 Å². The highest BCUT2D eigenvalue weighted by molar-refractivity contribution is 5.66. The summed E-state index contributed by atoms with van der Waals surface area (Å²) in [6.45, 7) is 0.369. The smallest absolute Gasteiger partial charge is 0.327 e. The van der Waals surface area contributed by atoms with Crippen molar-refractivity contribution in [2.45, 2.75) is 116 Å². The Bertz CT molecular complexity index is 482. The predicted octanol–water partition coefficient (Wildman–Crippen LogP) is 5.17. The molecule has 0 aliphatic heterocycles. The predicted molar refractivity (Wildman–Crippen MR) is 104 cm³/mol. The molecule has 6 nitrogen and oxygen atoms in total. The molecule has 0 unspecified atom stereocenters. The van der Waals surface area contributed by atoms with E-state index in [-0.39, 0.29) is 6.54 Å². The number of rotatable bonds is 18. The zero-order valence-electron chi connectivity index (χ0n) is 17.4. The van der Waals surface area contributed by atoms with Gasteiger partial charge in [0.2, 0.25) is 0 Å². The van der Waals surface area contributed by atoms with Gasteiger partial charge in [0.1, 0.15) is 0 Å². The van der Waals surface area contributed by atoms with Gasteiger partial charge < -0.3 is 5.11 Å². The molecule has 0 atom stereocenters. The van der Waals surface area contributed by atoms with Crippen molar-refractivity contribution in [1.29, 1.82) is 0 Å². The molecule has 0 saturated heterocycles. The van der Waals surface area contributed by atoms with Crippen molar-refractivity contribution in [2.75, 3.05) is 0 Å². The number of unbranched alkanes of at least 4 members (excludes halogenated alkanes) is 14. The van der Waals surface area contributed by atoms with Crippen LogP contribution in [0, 0.1) is 0 Å². The average molecular weight is 368 g/mol. The van der Waals surface area contributed by atoms with E-state index in [0.717, 1.165) is 24.1 Å². The molecule has 1 rings (SSSR count). The maximum Gasteiger partial charge on any atom is 0.327 e. The monoisotopic (exact) mass is 367 g/mol. The van der Waals surface area contributed by atoms with Crippen molar-refractivity contribution in [3.63, 3.8) is 0 Å². The fourth-order valence-corrected chi connectivity index (χ4v) is 3.15. The third kappa shape index (κ3) is 12.8. The van der Waals surface area contributed by atoms with Crippen molar-refractivity contribution in [2.24, 2.45) is 0 Å². The standard InChI is InChI=1S/C20H38N4O2/c1-2-3-4-5-6-7-8-9-10-11-12-13-14-15-16-17-19-21-23-24(22-19)18-20(25)26/h2-18H2,1H3,(H,25,26)/i1D. The molecule has 1 aromatic heterocycles. The molecule has 0 radical (unpaired) electrons. The largest absolute Gasteiger partial charge is 0.480 e. The summed E-state index contributed by atoms with van der Waals surface area (Å²) in [6, 6.07) is 0. The normalized spacial score (nSPS) is 11.6. The van der Waals surface area contributed by atoms with Gasteiger partial charge in [-0.1, -0.05) is 96.8 Å². The molecule has 0 aliphatic carbocycles. The van der Waals surface area contributed by atoms with Gasteiger partial charge in [-0.2, -0.15) is 4.80 Å². The van der Waals surface area contributed by atoms with Crippen molar-refractivity contribution >= 4 is 5.97 Å². The molecule has 26 heavy (non-hydrogen) atoms. The molecule has 150 valence electrons. The summed E-state index contributed by atoms with van der Waals surface area (Å²) in [7, 11) is 0. The molecule has 1 aromatic rings. The van der Waals surface area contributed by atoms with Gasteiger partial charge in [0.25, 0.3) is 0 Å². The van der Waals surface area contributed by atoms with Gasteiger partial charge in [-0.25, -0.2) is 0 Å². The number of aryl methyl sites for hydroxylation is 1. The van der Waals surface area contributed by atoms with E-state index in [1.165, 1.54) is 83.5 Å². The molecule has 6 heteroatoms. The summed E-state index contributed by atoms with van der Waals surface area (Å²) in [5.41, 5.74) is 0. The maximum absolute atomic E-state index is 10.6. The van der Waals surface area contributed by atoms with Gasteiger partial charge in [0.05, 0.1) is 0 Å². The Morgan fingerprint density at radius 2 is 1.38 bits per heavy atom. The van der Waals surface area contributed by atoms with Crippen LogP contribution in [-0.2, 0) is 17.8 Å². The Labute approximate surface area is 160 Å². The number of hydrogen-bond donors (Lipinski definition) is 1. The van der Waals surface area contributed by atoms with Gasteiger partial charge in [0, 0.05) is 7.79 Å². The highest BCUT2D eigenvalue weighted by atomic mass is 16.4. The van der Waals surface area contributed by atoms with Crippen LogP contribution in [0.3, 0.4) is 0 Å². The first kappa shape index (κ1) is 20.8. The summed E-state index contributed by atoms with van der Waals surface area (Å²) >= 11 is 0. The first-order chi connectivity index (χ1) is 13.2. The second-order valence-electron chi connectivity index (χ2n) is 7.18. The van der Waals surface area contributed by atoms with Crippen molar-refractivity contribution in [3.05, 3.63) is 5.82 Å². The summed E-state index contributed by atoms with van der Waals surface area (Å²) in [5, 5.41) is 20.4. The minimum absolute atomic E-state index is 0.223. The summed E-state index contributed by atoms with van der Waals surface area (Å²) in [4.78, 5) is 11.7. The van der Waals surface area contributed by atoms with E-state index < -0.39 is 5.97 Å². The molecular weight excluding hydrogens is 328 g/mol. The van der Waals surface area contributed by atoms with E-state index in [1.807, 2.05) is 0 Å². The second kappa shape index (κ2) is 15.8. The summed E-state index contributed by atoms with van der Waals surface area (Å²) < 4.78 is 7.11. The minimum atomic E-state index is -0.949. The van der Waals surface area contributed by atoms with Gasteiger partial charge >= 0.3 is 5.97 Å². The van der Waals surface area contributed by atoms with E-state index in [0.29, 0.717) is 12.7 Å². The molecule has 0 amide bonds. The van der Waals surface area contributed by atoms with E-state index in [2.05, 4.69) is 15.4 Å². The van der Waals surface area contributed by atoms with Crippen molar-refractivity contribution in [3.8, 4) is 0 Å². The van der Waals surface area contributed by atoms with Gasteiger partial charge in [-0.3, -0.25) is 4.79 Å². The van der Waals surface area contributed by atoms with Crippen LogP contribution in [-0.4, -0.2) is 31.3 Å². The van der Waals surface area contributed by atoms with Crippen LogP contribution in [0.2, 0.25) is 0 Å². The highest BCUT2D eigenvalue weighted by Crippen LogP contribution is 2.13. The Balaban J connectivity index is 1.79. The van der Waals surface area contributed by atoms with E-state index in [4.69, 9.17) is 6.48 Å². The molecular formula is C20H38N4O2. The van der Waals surface area contributed by atoms with Crippen molar-refractivity contribution in [1.82, 2.24) is 20.2 Å². The minimum Gasteiger partial charge on any atom is -0.480 e. The second-order valence-corrected chi connectivity index (χ2v) is 7.18. The lowest BCUT2D eigenvalue weighted by Crippen LogP contribution is -2.11. The zero-order chi connectivity index (χ0) is 19.6. The number of hydrogen-bond acceptors (Lipinski definition) is 4. The van der Waals surface area contributed by atoms with Crippen LogP contribution < -0.4 is 0 Å². The Morgan fingerprint density at radius 3 is 1.88 bits per heavy atom. The fraction of sp³-hybridized carbons (Fsp3) is 0.900. The number of aromatic nitrogens is 4. The van der Waals surface area contributed by atoms with Crippen LogP contribution in [0.4, 0.5) is 0 Å². The van der Waals surface area contributed by atoms with Crippen molar-refractivity contribution < 1.29 is 11.3 Å².